The van der Waals surface area contributed by atoms with Crippen LogP contribution in [0.25, 0.3) is 0 Å². The highest BCUT2D eigenvalue weighted by atomic mass is 35.5. The molecule has 0 atom stereocenters. The molecule has 0 aliphatic carbocycles. The van der Waals surface area contributed by atoms with E-state index in [1.807, 2.05) is 54.6 Å². The maximum atomic E-state index is 12.5. The molecule has 1 N–H and O–H groups in total. The van der Waals surface area contributed by atoms with Gasteiger partial charge in [0.05, 0.1) is 25.5 Å². The van der Waals surface area contributed by atoms with E-state index in [9.17, 15) is 4.79 Å². The first-order valence-electron chi connectivity index (χ1n) is 8.69. The molecule has 0 spiro atoms. The first-order valence-corrected chi connectivity index (χ1v) is 9.07. The van der Waals surface area contributed by atoms with Crippen LogP contribution >= 0.6 is 11.6 Å². The molecule has 4 rings (SSSR count). The van der Waals surface area contributed by atoms with Crippen LogP contribution in [0, 0.1) is 0 Å². The molecule has 7 nitrogen and oxygen atoms in total. The van der Waals surface area contributed by atoms with Gasteiger partial charge >= 0.3 is 0 Å². The molecular formula is C20H17ClN6O. The third-order valence-corrected chi connectivity index (χ3v) is 4.41. The van der Waals surface area contributed by atoms with Crippen molar-refractivity contribution in [1.82, 2.24) is 24.8 Å². The SMILES string of the molecule is O=C(Nc1ccnn1Cc1ccc(Cl)cc1)c1cn(Cc2ccccc2)nn1. The Kier molecular flexibility index (Phi) is 5.16. The average Bonchev–Trinajstić information content (AvgIpc) is 3.34. The molecule has 0 saturated heterocycles. The molecule has 1 amide bonds. The van der Waals surface area contributed by atoms with Gasteiger partial charge in [-0.2, -0.15) is 5.10 Å². The van der Waals surface area contributed by atoms with Crippen LogP contribution in [0.1, 0.15) is 21.6 Å². The zero-order valence-corrected chi connectivity index (χ0v) is 15.6. The lowest BCUT2D eigenvalue weighted by Gasteiger charge is -2.08. The number of amides is 1. The number of carbonyl (C=O) groups excluding carboxylic acids is 1. The zero-order chi connectivity index (χ0) is 19.3. The van der Waals surface area contributed by atoms with Gasteiger partial charge in [0.1, 0.15) is 5.82 Å². The van der Waals surface area contributed by atoms with E-state index in [0.717, 1.165) is 11.1 Å². The number of benzene rings is 2. The smallest absolute Gasteiger partial charge is 0.278 e. The first-order chi connectivity index (χ1) is 13.7. The number of hydrogen-bond acceptors (Lipinski definition) is 4. The molecule has 0 saturated carbocycles. The van der Waals surface area contributed by atoms with E-state index in [-0.39, 0.29) is 11.6 Å². The van der Waals surface area contributed by atoms with E-state index in [2.05, 4.69) is 20.7 Å². The van der Waals surface area contributed by atoms with Crippen LogP contribution < -0.4 is 5.32 Å². The predicted molar refractivity (Wildman–Crippen MR) is 106 cm³/mol. The van der Waals surface area contributed by atoms with Gasteiger partial charge in [-0.1, -0.05) is 59.3 Å². The summed E-state index contributed by atoms with van der Waals surface area (Å²) in [6.07, 6.45) is 3.26. The van der Waals surface area contributed by atoms with E-state index in [0.29, 0.717) is 23.9 Å². The molecule has 0 aliphatic rings. The minimum Gasteiger partial charge on any atom is -0.305 e. The number of halogens is 1. The second-order valence-electron chi connectivity index (χ2n) is 6.24. The van der Waals surface area contributed by atoms with E-state index in [1.165, 1.54) is 0 Å². The molecule has 0 bridgehead atoms. The highest BCUT2D eigenvalue weighted by Gasteiger charge is 2.14. The maximum absolute atomic E-state index is 12.5. The summed E-state index contributed by atoms with van der Waals surface area (Å²) in [5.41, 5.74) is 2.35. The van der Waals surface area contributed by atoms with E-state index >= 15 is 0 Å². The lowest BCUT2D eigenvalue weighted by atomic mass is 10.2. The lowest BCUT2D eigenvalue weighted by molar-refractivity contribution is 0.102. The maximum Gasteiger partial charge on any atom is 0.278 e. The summed E-state index contributed by atoms with van der Waals surface area (Å²) in [4.78, 5) is 12.5. The Morgan fingerprint density at radius 3 is 2.50 bits per heavy atom. The molecule has 0 unspecified atom stereocenters. The molecule has 140 valence electrons. The van der Waals surface area contributed by atoms with Gasteiger partial charge in [-0.15, -0.1) is 5.10 Å². The summed E-state index contributed by atoms with van der Waals surface area (Å²) in [6, 6.07) is 19.1. The van der Waals surface area contributed by atoms with Gasteiger partial charge in [-0.3, -0.25) is 4.79 Å². The molecule has 4 aromatic rings. The van der Waals surface area contributed by atoms with Gasteiger partial charge in [-0.05, 0) is 23.3 Å². The van der Waals surface area contributed by atoms with Crippen molar-refractivity contribution < 1.29 is 4.79 Å². The Morgan fingerprint density at radius 1 is 0.964 bits per heavy atom. The fraction of sp³-hybridized carbons (Fsp3) is 0.100. The fourth-order valence-electron chi connectivity index (χ4n) is 2.76. The second kappa shape index (κ2) is 8.06. The number of nitrogens with zero attached hydrogens (tertiary/aromatic N) is 5. The molecule has 2 aromatic heterocycles. The largest absolute Gasteiger partial charge is 0.305 e. The summed E-state index contributed by atoms with van der Waals surface area (Å²) < 4.78 is 3.34. The van der Waals surface area contributed by atoms with Crippen LogP contribution in [-0.2, 0) is 13.1 Å². The van der Waals surface area contributed by atoms with Gasteiger partial charge in [-0.25, -0.2) is 9.36 Å². The second-order valence-corrected chi connectivity index (χ2v) is 6.68. The van der Waals surface area contributed by atoms with Crippen LogP contribution in [0.15, 0.2) is 73.1 Å². The number of rotatable bonds is 6. The summed E-state index contributed by atoms with van der Waals surface area (Å²) in [5.74, 6) is 0.245. The van der Waals surface area contributed by atoms with Crippen molar-refractivity contribution >= 4 is 23.3 Å². The Balaban J connectivity index is 1.43. The molecular weight excluding hydrogens is 376 g/mol. The lowest BCUT2D eigenvalue weighted by Crippen LogP contribution is -2.16. The third kappa shape index (κ3) is 4.27. The number of anilines is 1. The summed E-state index contributed by atoms with van der Waals surface area (Å²) in [5, 5.41) is 15.8. The van der Waals surface area contributed by atoms with Gasteiger partial charge in [0.2, 0.25) is 0 Å². The van der Waals surface area contributed by atoms with Crippen molar-refractivity contribution in [1.29, 1.82) is 0 Å². The average molecular weight is 393 g/mol. The van der Waals surface area contributed by atoms with Crippen molar-refractivity contribution in [2.24, 2.45) is 0 Å². The zero-order valence-electron chi connectivity index (χ0n) is 14.9. The third-order valence-electron chi connectivity index (χ3n) is 4.16. The Morgan fingerprint density at radius 2 is 1.71 bits per heavy atom. The summed E-state index contributed by atoms with van der Waals surface area (Å²) in [6.45, 7) is 1.07. The highest BCUT2D eigenvalue weighted by Crippen LogP contribution is 2.14. The van der Waals surface area contributed by atoms with Crippen LogP contribution in [0.2, 0.25) is 5.02 Å². The van der Waals surface area contributed by atoms with Crippen LogP contribution in [0.5, 0.6) is 0 Å². The topological polar surface area (TPSA) is 77.6 Å². The van der Waals surface area contributed by atoms with Crippen molar-refractivity contribution in [3.05, 3.63) is 94.9 Å². The standard InChI is InChI=1S/C20H17ClN6O/c21-17-8-6-16(7-9-17)13-27-19(10-11-22-27)23-20(28)18-14-26(25-24-18)12-15-4-2-1-3-5-15/h1-11,14H,12-13H2,(H,23,28). The molecule has 0 radical (unpaired) electrons. The number of carbonyl (C=O) groups is 1. The first kappa shape index (κ1) is 17.9. The van der Waals surface area contributed by atoms with Gasteiger partial charge in [0.15, 0.2) is 5.69 Å². The van der Waals surface area contributed by atoms with Gasteiger partial charge in [0.25, 0.3) is 5.91 Å². The number of hydrogen-bond donors (Lipinski definition) is 1. The molecule has 0 fully saturated rings. The van der Waals surface area contributed by atoms with Gasteiger partial charge < -0.3 is 5.32 Å². The summed E-state index contributed by atoms with van der Waals surface area (Å²) >= 11 is 5.92. The Labute approximate surface area is 166 Å². The minimum absolute atomic E-state index is 0.246. The molecule has 2 aromatic carbocycles. The van der Waals surface area contributed by atoms with Crippen LogP contribution in [0.4, 0.5) is 5.82 Å². The Bertz CT molecular complexity index is 1070. The monoisotopic (exact) mass is 392 g/mol. The highest BCUT2D eigenvalue weighted by molar-refractivity contribution is 6.30. The van der Waals surface area contributed by atoms with Crippen LogP contribution in [0.3, 0.4) is 0 Å². The minimum atomic E-state index is -0.336. The molecule has 8 heteroatoms. The quantitative estimate of drug-likeness (QED) is 0.545. The molecule has 2 heterocycles. The predicted octanol–water partition coefficient (Wildman–Crippen LogP) is 3.48. The van der Waals surface area contributed by atoms with E-state index < -0.39 is 0 Å². The number of nitrogens with one attached hydrogen (secondary N) is 1. The summed E-state index contributed by atoms with van der Waals surface area (Å²) in [7, 11) is 0. The van der Waals surface area contributed by atoms with E-state index in [1.54, 1.807) is 27.8 Å². The van der Waals surface area contributed by atoms with Crippen molar-refractivity contribution in [3.8, 4) is 0 Å². The van der Waals surface area contributed by atoms with Crippen molar-refractivity contribution in [2.45, 2.75) is 13.1 Å². The molecule has 28 heavy (non-hydrogen) atoms. The number of aromatic nitrogens is 5. The van der Waals surface area contributed by atoms with Gasteiger partial charge in [0, 0.05) is 11.1 Å². The van der Waals surface area contributed by atoms with Crippen molar-refractivity contribution in [2.75, 3.05) is 5.32 Å². The van der Waals surface area contributed by atoms with Crippen LogP contribution in [-0.4, -0.2) is 30.7 Å². The fourth-order valence-corrected chi connectivity index (χ4v) is 2.88. The Hall–Kier alpha value is -3.45. The van der Waals surface area contributed by atoms with Crippen molar-refractivity contribution in [3.63, 3.8) is 0 Å². The normalized spacial score (nSPS) is 10.8. The van der Waals surface area contributed by atoms with E-state index in [4.69, 9.17) is 11.6 Å². The molecule has 0 aliphatic heterocycles.